The van der Waals surface area contributed by atoms with Crippen LogP contribution >= 0.6 is 23.2 Å². The summed E-state index contributed by atoms with van der Waals surface area (Å²) >= 11 is 11.7. The van der Waals surface area contributed by atoms with Crippen molar-refractivity contribution in [1.82, 2.24) is 10.6 Å². The maximum Gasteiger partial charge on any atom is 0.315 e. The number of amides is 2. The lowest BCUT2D eigenvalue weighted by molar-refractivity contribution is 0.247. The summed E-state index contributed by atoms with van der Waals surface area (Å²) < 4.78 is 0. The molecule has 2 amide bonds. The summed E-state index contributed by atoms with van der Waals surface area (Å²) in [5.74, 6) is 0. The van der Waals surface area contributed by atoms with Crippen LogP contribution in [0.25, 0.3) is 0 Å². The van der Waals surface area contributed by atoms with E-state index in [1.165, 1.54) is 0 Å². The molecule has 1 saturated heterocycles. The number of carbonyl (C=O) groups excluding carboxylic acids is 1. The Kier molecular flexibility index (Phi) is 2.52. The van der Waals surface area contributed by atoms with Crippen LogP contribution in [0.4, 0.5) is 4.79 Å². The minimum atomic E-state index is -0.161. The summed E-state index contributed by atoms with van der Waals surface area (Å²) in [5, 5.41) is 6.58. The Morgan fingerprint density at radius 1 is 1.21 bits per heavy atom. The fourth-order valence-electron chi connectivity index (χ4n) is 1.43. The molecule has 0 aromatic heterocycles. The van der Waals surface area contributed by atoms with Crippen molar-refractivity contribution >= 4 is 29.2 Å². The van der Waals surface area contributed by atoms with Crippen molar-refractivity contribution < 1.29 is 4.79 Å². The first-order valence-electron chi connectivity index (χ1n) is 4.15. The van der Waals surface area contributed by atoms with Gasteiger partial charge in [-0.2, -0.15) is 0 Å². The molecule has 3 nitrogen and oxygen atoms in total. The average molecular weight is 231 g/mol. The van der Waals surface area contributed by atoms with E-state index in [2.05, 4.69) is 10.6 Å². The Labute approximate surface area is 91.4 Å². The van der Waals surface area contributed by atoms with Crippen LogP contribution in [0.1, 0.15) is 11.6 Å². The maximum absolute atomic E-state index is 10.9. The van der Waals surface area contributed by atoms with Gasteiger partial charge in [0, 0.05) is 16.6 Å². The van der Waals surface area contributed by atoms with E-state index in [4.69, 9.17) is 23.2 Å². The van der Waals surface area contributed by atoms with E-state index in [9.17, 15) is 4.79 Å². The summed E-state index contributed by atoms with van der Waals surface area (Å²) in [6, 6.07) is 5.05. The Morgan fingerprint density at radius 2 is 1.86 bits per heavy atom. The molecule has 1 aromatic carbocycles. The fourth-order valence-corrected chi connectivity index (χ4v) is 1.98. The number of carbonyl (C=O) groups is 1. The minimum Gasteiger partial charge on any atom is -0.336 e. The highest BCUT2D eigenvalue weighted by Gasteiger charge is 2.21. The molecule has 1 fully saturated rings. The third-order valence-electron chi connectivity index (χ3n) is 2.06. The van der Waals surface area contributed by atoms with Gasteiger partial charge in [0.25, 0.3) is 0 Å². The van der Waals surface area contributed by atoms with E-state index >= 15 is 0 Å². The van der Waals surface area contributed by atoms with E-state index in [-0.39, 0.29) is 12.1 Å². The summed E-state index contributed by atoms with van der Waals surface area (Å²) in [5.41, 5.74) is 0.917. The van der Waals surface area contributed by atoms with Crippen LogP contribution in [0.5, 0.6) is 0 Å². The molecule has 74 valence electrons. The molecule has 1 aliphatic heterocycles. The molecule has 0 aliphatic carbocycles. The van der Waals surface area contributed by atoms with Gasteiger partial charge in [0.15, 0.2) is 0 Å². The summed E-state index contributed by atoms with van der Waals surface area (Å²) in [7, 11) is 0. The quantitative estimate of drug-likeness (QED) is 0.765. The van der Waals surface area contributed by atoms with Gasteiger partial charge in [0.05, 0.1) is 6.04 Å². The number of halogens is 2. The van der Waals surface area contributed by atoms with Gasteiger partial charge in [-0.05, 0) is 23.8 Å². The average Bonchev–Trinajstić information content (AvgIpc) is 2.50. The zero-order valence-electron chi connectivity index (χ0n) is 7.18. The van der Waals surface area contributed by atoms with Gasteiger partial charge < -0.3 is 10.6 Å². The molecule has 1 heterocycles. The minimum absolute atomic E-state index is 0.0429. The van der Waals surface area contributed by atoms with Gasteiger partial charge in [0.1, 0.15) is 0 Å². The lowest BCUT2D eigenvalue weighted by atomic mass is 10.1. The second kappa shape index (κ2) is 3.67. The Balaban J connectivity index is 2.27. The summed E-state index contributed by atoms with van der Waals surface area (Å²) in [6.07, 6.45) is 0. The Bertz CT molecular complexity index is 361. The predicted octanol–water partition coefficient (Wildman–Crippen LogP) is 2.35. The second-order valence-electron chi connectivity index (χ2n) is 3.11. The highest BCUT2D eigenvalue weighted by molar-refractivity contribution is 6.34. The lowest BCUT2D eigenvalue weighted by Crippen LogP contribution is -2.21. The van der Waals surface area contributed by atoms with E-state index in [0.29, 0.717) is 16.6 Å². The largest absolute Gasteiger partial charge is 0.336 e. The van der Waals surface area contributed by atoms with E-state index in [0.717, 1.165) is 5.56 Å². The van der Waals surface area contributed by atoms with Gasteiger partial charge >= 0.3 is 6.03 Å². The fraction of sp³-hybridized carbons (Fsp3) is 0.222. The molecule has 0 radical (unpaired) electrons. The molecule has 2 rings (SSSR count). The summed E-state index contributed by atoms with van der Waals surface area (Å²) in [6.45, 7) is 0.565. The zero-order valence-corrected chi connectivity index (χ0v) is 8.69. The van der Waals surface area contributed by atoms with Crippen LogP contribution in [-0.2, 0) is 0 Å². The van der Waals surface area contributed by atoms with Crippen LogP contribution in [-0.4, -0.2) is 12.6 Å². The van der Waals surface area contributed by atoms with Crippen LogP contribution < -0.4 is 10.6 Å². The highest BCUT2D eigenvalue weighted by Crippen LogP contribution is 2.24. The third-order valence-corrected chi connectivity index (χ3v) is 2.50. The first kappa shape index (κ1) is 9.62. The molecule has 1 atom stereocenters. The molecule has 1 aromatic rings. The van der Waals surface area contributed by atoms with Crippen LogP contribution in [0.15, 0.2) is 18.2 Å². The molecule has 14 heavy (non-hydrogen) atoms. The van der Waals surface area contributed by atoms with E-state index < -0.39 is 0 Å². The first-order chi connectivity index (χ1) is 6.65. The monoisotopic (exact) mass is 230 g/mol. The van der Waals surface area contributed by atoms with Gasteiger partial charge in [-0.25, -0.2) is 4.79 Å². The van der Waals surface area contributed by atoms with Gasteiger partial charge in [-0.1, -0.05) is 23.2 Å². The van der Waals surface area contributed by atoms with Crippen molar-refractivity contribution in [1.29, 1.82) is 0 Å². The molecule has 2 N–H and O–H groups in total. The molecule has 0 unspecified atom stereocenters. The second-order valence-corrected chi connectivity index (χ2v) is 3.98. The molecule has 5 heteroatoms. The molecular weight excluding hydrogens is 223 g/mol. The number of urea groups is 1. The third kappa shape index (κ3) is 1.94. The van der Waals surface area contributed by atoms with Crippen molar-refractivity contribution in [3.05, 3.63) is 33.8 Å². The maximum atomic E-state index is 10.9. The van der Waals surface area contributed by atoms with Crippen molar-refractivity contribution in [2.75, 3.05) is 6.54 Å². The van der Waals surface area contributed by atoms with Crippen molar-refractivity contribution in [2.45, 2.75) is 6.04 Å². The van der Waals surface area contributed by atoms with Crippen molar-refractivity contribution in [2.24, 2.45) is 0 Å². The van der Waals surface area contributed by atoms with Crippen LogP contribution in [0.3, 0.4) is 0 Å². The van der Waals surface area contributed by atoms with Gasteiger partial charge in [-0.15, -0.1) is 0 Å². The number of rotatable bonds is 1. The molecule has 1 aliphatic rings. The SMILES string of the molecule is O=C1NC[C@@H](c2cc(Cl)cc(Cl)c2)N1. The van der Waals surface area contributed by atoms with E-state index in [1.54, 1.807) is 18.2 Å². The summed E-state index contributed by atoms with van der Waals surface area (Å²) in [4.78, 5) is 10.9. The standard InChI is InChI=1S/C9H8Cl2N2O/c10-6-1-5(2-7(11)3-6)8-4-12-9(14)13-8/h1-3,8H,4H2,(H2,12,13,14)/t8-/m0/s1. The van der Waals surface area contributed by atoms with Crippen molar-refractivity contribution in [3.8, 4) is 0 Å². The Hall–Kier alpha value is -0.930. The smallest absolute Gasteiger partial charge is 0.315 e. The highest BCUT2D eigenvalue weighted by atomic mass is 35.5. The van der Waals surface area contributed by atoms with Gasteiger partial charge in [0.2, 0.25) is 0 Å². The van der Waals surface area contributed by atoms with Crippen LogP contribution in [0.2, 0.25) is 10.0 Å². The first-order valence-corrected chi connectivity index (χ1v) is 4.91. The number of benzene rings is 1. The molecule has 0 spiro atoms. The van der Waals surface area contributed by atoms with Gasteiger partial charge in [-0.3, -0.25) is 0 Å². The van der Waals surface area contributed by atoms with E-state index in [1.807, 2.05) is 0 Å². The van der Waals surface area contributed by atoms with Crippen LogP contribution in [0, 0.1) is 0 Å². The molecular formula is C9H8Cl2N2O. The number of nitrogens with one attached hydrogen (secondary N) is 2. The number of hydrogen-bond donors (Lipinski definition) is 2. The molecule has 0 saturated carbocycles. The lowest BCUT2D eigenvalue weighted by Gasteiger charge is -2.09. The Morgan fingerprint density at radius 3 is 2.36 bits per heavy atom. The zero-order chi connectivity index (χ0) is 10.1. The topological polar surface area (TPSA) is 41.1 Å². The normalized spacial score (nSPS) is 20.4. The number of hydrogen-bond acceptors (Lipinski definition) is 1. The van der Waals surface area contributed by atoms with Crippen molar-refractivity contribution in [3.63, 3.8) is 0 Å². The molecule has 0 bridgehead atoms. The predicted molar refractivity (Wildman–Crippen MR) is 55.7 cm³/mol.